The first-order valence-corrected chi connectivity index (χ1v) is 9.94. The topological polar surface area (TPSA) is 59.1 Å². The van der Waals surface area contributed by atoms with Crippen molar-refractivity contribution in [3.63, 3.8) is 0 Å². The summed E-state index contributed by atoms with van der Waals surface area (Å²) in [7, 11) is 4.92. The third kappa shape index (κ3) is 5.03. The molecule has 8 heteroatoms. The summed E-state index contributed by atoms with van der Waals surface area (Å²) in [6.45, 7) is 5.78. The molecule has 0 N–H and O–H groups in total. The molecule has 6 nitrogen and oxygen atoms in total. The highest BCUT2D eigenvalue weighted by atomic mass is 35.5. The summed E-state index contributed by atoms with van der Waals surface area (Å²) in [5.74, 6) is 0.391. The van der Waals surface area contributed by atoms with E-state index in [4.69, 9.17) is 32.7 Å². The molecule has 0 aromatic heterocycles. The monoisotopic (exact) mass is 430 g/mol. The van der Waals surface area contributed by atoms with Crippen LogP contribution < -0.4 is 4.74 Å². The van der Waals surface area contributed by atoms with Crippen LogP contribution in [0.3, 0.4) is 0 Å². The Balaban J connectivity index is 2.37. The second-order valence-corrected chi connectivity index (χ2v) is 8.91. The molecule has 1 aromatic rings. The molecule has 1 saturated heterocycles. The van der Waals surface area contributed by atoms with Crippen LogP contribution in [0.15, 0.2) is 12.1 Å². The smallest absolute Gasteiger partial charge is 0.410 e. The summed E-state index contributed by atoms with van der Waals surface area (Å²) in [4.78, 5) is 28.5. The van der Waals surface area contributed by atoms with Gasteiger partial charge in [-0.05, 0) is 51.7 Å². The average Bonchev–Trinajstić information content (AvgIpc) is 2.61. The number of amides is 2. The van der Waals surface area contributed by atoms with E-state index in [1.165, 1.54) is 9.80 Å². The minimum atomic E-state index is -0.650. The lowest BCUT2D eigenvalue weighted by Gasteiger charge is -2.40. The van der Waals surface area contributed by atoms with Crippen LogP contribution in [0.2, 0.25) is 10.0 Å². The van der Waals surface area contributed by atoms with E-state index in [1.54, 1.807) is 54.1 Å². The number of likely N-dealkylation sites (N-methyl/N-ethyl adjacent to an activating group) is 1. The van der Waals surface area contributed by atoms with Crippen molar-refractivity contribution in [3.05, 3.63) is 27.7 Å². The highest BCUT2D eigenvalue weighted by molar-refractivity contribution is 6.42. The van der Waals surface area contributed by atoms with Crippen LogP contribution in [0.4, 0.5) is 4.79 Å². The maximum atomic E-state index is 12.8. The lowest BCUT2D eigenvalue weighted by atomic mass is 9.84. The van der Waals surface area contributed by atoms with Crippen LogP contribution >= 0.6 is 23.2 Å². The van der Waals surface area contributed by atoms with E-state index in [0.29, 0.717) is 35.2 Å². The molecule has 1 fully saturated rings. The van der Waals surface area contributed by atoms with E-state index in [-0.39, 0.29) is 11.8 Å². The van der Waals surface area contributed by atoms with Gasteiger partial charge < -0.3 is 14.4 Å². The van der Waals surface area contributed by atoms with Gasteiger partial charge in [-0.25, -0.2) is 4.79 Å². The molecule has 2 rings (SSSR count). The SMILES string of the molecule is COc1ccc(Cl)c(Cl)c1C1CCN(C(=O)OC(C)(C)C)C(C(=O)N(C)C)C1. The fourth-order valence-electron chi connectivity index (χ4n) is 3.41. The molecular weight excluding hydrogens is 403 g/mol. The Morgan fingerprint density at radius 2 is 1.86 bits per heavy atom. The quantitative estimate of drug-likeness (QED) is 0.704. The number of nitrogens with zero attached hydrogens (tertiary/aromatic N) is 2. The first-order valence-electron chi connectivity index (χ1n) is 9.19. The number of rotatable bonds is 3. The van der Waals surface area contributed by atoms with Crippen molar-refractivity contribution in [3.8, 4) is 5.75 Å². The lowest BCUT2D eigenvalue weighted by Crippen LogP contribution is -2.54. The van der Waals surface area contributed by atoms with Gasteiger partial charge in [0.15, 0.2) is 0 Å². The first-order chi connectivity index (χ1) is 13.0. The van der Waals surface area contributed by atoms with Gasteiger partial charge in [0.25, 0.3) is 0 Å². The number of hydrogen-bond donors (Lipinski definition) is 0. The van der Waals surface area contributed by atoms with E-state index in [2.05, 4.69) is 0 Å². The minimum absolute atomic E-state index is 0.0752. The van der Waals surface area contributed by atoms with Gasteiger partial charge in [-0.3, -0.25) is 9.69 Å². The molecule has 28 heavy (non-hydrogen) atoms. The van der Waals surface area contributed by atoms with Crippen LogP contribution in [0.25, 0.3) is 0 Å². The Morgan fingerprint density at radius 1 is 1.21 bits per heavy atom. The van der Waals surface area contributed by atoms with Crippen LogP contribution in [0.1, 0.15) is 45.1 Å². The molecule has 0 radical (unpaired) electrons. The van der Waals surface area contributed by atoms with E-state index in [1.807, 2.05) is 0 Å². The predicted molar refractivity (Wildman–Crippen MR) is 110 cm³/mol. The fourth-order valence-corrected chi connectivity index (χ4v) is 3.88. The van der Waals surface area contributed by atoms with Crippen LogP contribution in [0.5, 0.6) is 5.75 Å². The Kier molecular flexibility index (Phi) is 7.10. The Morgan fingerprint density at radius 3 is 2.39 bits per heavy atom. The number of carbonyl (C=O) groups is 2. The molecule has 2 unspecified atom stereocenters. The first kappa shape index (κ1) is 22.6. The summed E-state index contributed by atoms with van der Waals surface area (Å²) in [5, 5.41) is 0.857. The van der Waals surface area contributed by atoms with Crippen molar-refractivity contribution in [1.82, 2.24) is 9.80 Å². The van der Waals surface area contributed by atoms with E-state index in [9.17, 15) is 9.59 Å². The second-order valence-electron chi connectivity index (χ2n) is 8.12. The number of ether oxygens (including phenoxy) is 2. The molecule has 1 aliphatic rings. The fraction of sp³-hybridized carbons (Fsp3) is 0.600. The zero-order valence-electron chi connectivity index (χ0n) is 17.2. The van der Waals surface area contributed by atoms with Gasteiger partial charge in [0.1, 0.15) is 17.4 Å². The number of halogens is 2. The number of piperidine rings is 1. The molecule has 0 spiro atoms. The van der Waals surface area contributed by atoms with E-state index >= 15 is 0 Å². The minimum Gasteiger partial charge on any atom is -0.496 e. The maximum Gasteiger partial charge on any atom is 0.410 e. The molecule has 1 aromatic carbocycles. The van der Waals surface area contributed by atoms with Crippen molar-refractivity contribution in [2.24, 2.45) is 0 Å². The van der Waals surface area contributed by atoms with Gasteiger partial charge in [0, 0.05) is 26.2 Å². The lowest BCUT2D eigenvalue weighted by molar-refractivity contribution is -0.135. The van der Waals surface area contributed by atoms with Gasteiger partial charge in [-0.1, -0.05) is 23.2 Å². The third-order valence-electron chi connectivity index (χ3n) is 4.68. The summed E-state index contributed by atoms with van der Waals surface area (Å²) >= 11 is 12.7. The normalized spacial score (nSPS) is 19.9. The standard InChI is InChI=1S/C20H28Cl2N2O4/c1-20(2,3)28-19(26)24-10-9-12(11-14(24)18(25)23(4)5)16-15(27-6)8-7-13(21)17(16)22/h7-8,12,14H,9-11H2,1-6H3. The number of benzene rings is 1. The molecule has 156 valence electrons. The third-order valence-corrected chi connectivity index (χ3v) is 5.50. The summed E-state index contributed by atoms with van der Waals surface area (Å²) in [6, 6.07) is 2.81. The number of carbonyl (C=O) groups excluding carboxylic acids is 2. The van der Waals surface area contributed by atoms with E-state index < -0.39 is 17.7 Å². The second kappa shape index (κ2) is 8.78. The molecule has 0 saturated carbocycles. The summed E-state index contributed by atoms with van der Waals surface area (Å²) in [6.07, 6.45) is 0.537. The average molecular weight is 431 g/mol. The van der Waals surface area contributed by atoms with Crippen LogP contribution in [-0.2, 0) is 9.53 Å². The molecule has 2 atom stereocenters. The van der Waals surface area contributed by atoms with Gasteiger partial charge in [-0.2, -0.15) is 0 Å². The van der Waals surface area contributed by atoms with Gasteiger partial charge in [0.2, 0.25) is 5.91 Å². The van der Waals surface area contributed by atoms with Crippen molar-refractivity contribution < 1.29 is 19.1 Å². The van der Waals surface area contributed by atoms with Crippen molar-refractivity contribution >= 4 is 35.2 Å². The maximum absolute atomic E-state index is 12.8. The Labute approximate surface area is 176 Å². The highest BCUT2D eigenvalue weighted by Gasteiger charge is 2.40. The Hall–Kier alpha value is -1.66. The van der Waals surface area contributed by atoms with Crippen molar-refractivity contribution in [1.29, 1.82) is 0 Å². The number of methoxy groups -OCH3 is 1. The van der Waals surface area contributed by atoms with Gasteiger partial charge in [-0.15, -0.1) is 0 Å². The molecule has 2 amide bonds. The summed E-state index contributed by atoms with van der Waals surface area (Å²) in [5.41, 5.74) is 0.135. The number of hydrogen-bond acceptors (Lipinski definition) is 4. The van der Waals surface area contributed by atoms with Crippen molar-refractivity contribution in [2.75, 3.05) is 27.7 Å². The number of likely N-dealkylation sites (tertiary alicyclic amines) is 1. The van der Waals surface area contributed by atoms with Crippen LogP contribution in [-0.4, -0.2) is 61.2 Å². The summed E-state index contributed by atoms with van der Waals surface area (Å²) < 4.78 is 11.0. The zero-order chi connectivity index (χ0) is 21.2. The molecular formula is C20H28Cl2N2O4. The highest BCUT2D eigenvalue weighted by Crippen LogP contribution is 2.43. The molecule has 0 bridgehead atoms. The molecule has 0 aliphatic carbocycles. The zero-order valence-corrected chi connectivity index (χ0v) is 18.7. The van der Waals surface area contributed by atoms with Crippen LogP contribution in [0, 0.1) is 0 Å². The van der Waals surface area contributed by atoms with E-state index in [0.717, 1.165) is 5.56 Å². The van der Waals surface area contributed by atoms with Crippen molar-refractivity contribution in [2.45, 2.75) is 51.2 Å². The molecule has 1 heterocycles. The van der Waals surface area contributed by atoms with Gasteiger partial charge >= 0.3 is 6.09 Å². The largest absolute Gasteiger partial charge is 0.496 e. The molecule has 1 aliphatic heterocycles. The Bertz CT molecular complexity index is 746. The predicted octanol–water partition coefficient (Wildman–Crippen LogP) is 4.57. The van der Waals surface area contributed by atoms with Gasteiger partial charge in [0.05, 0.1) is 17.2 Å².